The Labute approximate surface area is 174 Å². The number of nitro groups is 1. The van der Waals surface area contributed by atoms with Gasteiger partial charge in [0.25, 0.3) is 5.69 Å². The maximum Gasteiger partial charge on any atom is 0.270 e. The number of aryl methyl sites for hydroxylation is 3. The molecular formula is C22H20ClN2O3P. The fourth-order valence-corrected chi connectivity index (χ4v) is 6.04. The van der Waals surface area contributed by atoms with E-state index in [4.69, 9.17) is 11.6 Å². The van der Waals surface area contributed by atoms with Crippen molar-refractivity contribution in [3.05, 3.63) is 98.1 Å². The Morgan fingerprint density at radius 2 is 1.62 bits per heavy atom. The predicted octanol–water partition coefficient (Wildman–Crippen LogP) is 5.52. The van der Waals surface area contributed by atoms with Crippen molar-refractivity contribution in [2.45, 2.75) is 20.8 Å². The molecule has 0 bridgehead atoms. The Bertz CT molecular complexity index is 1140. The highest BCUT2D eigenvalue weighted by Gasteiger charge is 2.30. The van der Waals surface area contributed by atoms with Crippen LogP contribution in [0.1, 0.15) is 22.3 Å². The summed E-state index contributed by atoms with van der Waals surface area (Å²) in [7, 11) is -3.40. The van der Waals surface area contributed by atoms with E-state index >= 15 is 0 Å². The quantitative estimate of drug-likeness (QED) is 0.233. The third-order valence-electron chi connectivity index (χ3n) is 4.59. The lowest BCUT2D eigenvalue weighted by molar-refractivity contribution is -0.384. The van der Waals surface area contributed by atoms with Gasteiger partial charge in [0.2, 0.25) is 7.29 Å². The van der Waals surface area contributed by atoms with E-state index < -0.39 is 12.2 Å². The molecule has 0 saturated carbocycles. The summed E-state index contributed by atoms with van der Waals surface area (Å²) in [6.45, 7) is 5.82. The van der Waals surface area contributed by atoms with Crippen LogP contribution in [0, 0.1) is 30.9 Å². The van der Waals surface area contributed by atoms with Crippen LogP contribution in [-0.2, 0) is 4.57 Å². The van der Waals surface area contributed by atoms with Crippen molar-refractivity contribution in [2.75, 3.05) is 0 Å². The van der Waals surface area contributed by atoms with Gasteiger partial charge in [-0.05, 0) is 50.1 Å². The van der Waals surface area contributed by atoms with Crippen molar-refractivity contribution < 1.29 is 9.49 Å². The number of hydrogen-bond acceptors (Lipinski definition) is 3. The summed E-state index contributed by atoms with van der Waals surface area (Å²) in [5, 5.41) is 12.7. The van der Waals surface area contributed by atoms with Crippen LogP contribution in [-0.4, -0.2) is 11.1 Å². The van der Waals surface area contributed by atoms with Crippen LogP contribution < -0.4 is 10.6 Å². The lowest BCUT2D eigenvalue weighted by Gasteiger charge is -2.20. The monoisotopic (exact) mass is 426 g/mol. The molecular weight excluding hydrogens is 407 g/mol. The van der Waals surface area contributed by atoms with Crippen molar-refractivity contribution in [2.24, 2.45) is 4.76 Å². The molecule has 3 rings (SSSR count). The molecule has 0 aliphatic heterocycles. The van der Waals surface area contributed by atoms with Gasteiger partial charge in [-0.1, -0.05) is 47.5 Å². The first-order valence-electron chi connectivity index (χ1n) is 8.96. The Morgan fingerprint density at radius 3 is 2.21 bits per heavy atom. The van der Waals surface area contributed by atoms with E-state index in [9.17, 15) is 14.7 Å². The van der Waals surface area contributed by atoms with Crippen LogP contribution in [0.4, 0.5) is 5.69 Å². The molecule has 0 heterocycles. The minimum Gasteiger partial charge on any atom is -0.288 e. The molecule has 0 aliphatic carbocycles. The van der Waals surface area contributed by atoms with Crippen LogP contribution in [0.15, 0.2) is 65.4 Å². The third kappa shape index (κ3) is 4.31. The first-order valence-corrected chi connectivity index (χ1v) is 11.0. The zero-order chi connectivity index (χ0) is 21.2. The third-order valence-corrected chi connectivity index (χ3v) is 7.69. The Hall–Kier alpha value is -2.75. The van der Waals surface area contributed by atoms with Gasteiger partial charge in [-0.2, -0.15) is 0 Å². The first kappa shape index (κ1) is 21.0. The van der Waals surface area contributed by atoms with Gasteiger partial charge in [0.1, 0.15) is 0 Å². The van der Waals surface area contributed by atoms with E-state index in [1.807, 2.05) is 51.1 Å². The fourth-order valence-electron chi connectivity index (χ4n) is 3.42. The van der Waals surface area contributed by atoms with Crippen molar-refractivity contribution in [3.8, 4) is 0 Å². The second-order valence-corrected chi connectivity index (χ2v) is 9.62. The predicted molar refractivity (Wildman–Crippen MR) is 120 cm³/mol. The summed E-state index contributed by atoms with van der Waals surface area (Å²) in [5.41, 5.74) is 3.09. The summed E-state index contributed by atoms with van der Waals surface area (Å²) in [6, 6.07) is 17.1. The molecule has 1 atom stereocenters. The van der Waals surface area contributed by atoms with Crippen molar-refractivity contribution in [1.29, 1.82) is 0 Å². The van der Waals surface area contributed by atoms with Gasteiger partial charge in [-0.15, -0.1) is 0 Å². The highest BCUT2D eigenvalue weighted by atomic mass is 35.5. The standard InChI is InChI=1S/C22H20ClN2O3P/c1-15-11-16(2)22(17(3)12-15)29(28,20-7-5-4-6-8-20)24-14-18-13-19(25(26)27)9-10-21(18)23/h4-14H,1-3H3/b24-14+/t29-/m1/s1. The van der Waals surface area contributed by atoms with E-state index in [0.29, 0.717) is 21.2 Å². The van der Waals surface area contributed by atoms with Crippen molar-refractivity contribution >= 4 is 41.4 Å². The molecule has 0 fully saturated rings. The van der Waals surface area contributed by atoms with Gasteiger partial charge in [0, 0.05) is 39.5 Å². The fraction of sp³-hybridized carbons (Fsp3) is 0.136. The highest BCUT2D eigenvalue weighted by Crippen LogP contribution is 2.47. The second-order valence-electron chi connectivity index (χ2n) is 6.87. The Kier molecular flexibility index (Phi) is 6.02. The molecule has 3 aromatic carbocycles. The van der Waals surface area contributed by atoms with Gasteiger partial charge in [0.05, 0.1) is 4.92 Å². The average molecular weight is 427 g/mol. The molecule has 0 unspecified atom stereocenters. The largest absolute Gasteiger partial charge is 0.288 e. The molecule has 0 saturated heterocycles. The topological polar surface area (TPSA) is 72.6 Å². The second kappa shape index (κ2) is 8.32. The molecule has 0 amide bonds. The van der Waals surface area contributed by atoms with E-state index in [1.54, 1.807) is 12.1 Å². The number of nitro benzene ring substituents is 1. The number of hydrogen-bond donors (Lipinski definition) is 0. The van der Waals surface area contributed by atoms with E-state index in [0.717, 1.165) is 16.7 Å². The first-order chi connectivity index (χ1) is 13.7. The summed E-state index contributed by atoms with van der Waals surface area (Å²) in [6.07, 6.45) is 1.38. The summed E-state index contributed by atoms with van der Waals surface area (Å²) < 4.78 is 18.8. The summed E-state index contributed by atoms with van der Waals surface area (Å²) >= 11 is 6.20. The molecule has 7 heteroatoms. The zero-order valence-corrected chi connectivity index (χ0v) is 17.9. The minimum atomic E-state index is -3.40. The van der Waals surface area contributed by atoms with Crippen molar-refractivity contribution in [1.82, 2.24) is 0 Å². The summed E-state index contributed by atoms with van der Waals surface area (Å²) in [5.74, 6) is 0. The molecule has 3 aromatic rings. The number of halogens is 1. The number of rotatable bonds is 5. The number of benzene rings is 3. The van der Waals surface area contributed by atoms with Crippen molar-refractivity contribution in [3.63, 3.8) is 0 Å². The highest BCUT2D eigenvalue weighted by molar-refractivity contribution is 7.77. The van der Waals surface area contributed by atoms with Gasteiger partial charge >= 0.3 is 0 Å². The molecule has 148 valence electrons. The molecule has 0 aromatic heterocycles. The Balaban J connectivity index is 2.22. The maximum atomic E-state index is 14.3. The van der Waals surface area contributed by atoms with Gasteiger partial charge in [-0.3, -0.25) is 14.7 Å². The Morgan fingerprint density at radius 1 is 1.00 bits per heavy atom. The van der Waals surface area contributed by atoms with Crippen LogP contribution in [0.2, 0.25) is 5.02 Å². The SMILES string of the molecule is Cc1cc(C)c([P@@](=O)(/N=C/c2cc([N+](=O)[O-])ccc2Cl)c2ccccc2)c(C)c1. The van der Waals surface area contributed by atoms with Gasteiger partial charge < -0.3 is 0 Å². The molecule has 0 aliphatic rings. The van der Waals surface area contributed by atoms with Crippen LogP contribution in [0.3, 0.4) is 0 Å². The molecule has 0 radical (unpaired) electrons. The average Bonchev–Trinajstić information content (AvgIpc) is 2.67. The molecule has 5 nitrogen and oxygen atoms in total. The molecule has 0 spiro atoms. The van der Waals surface area contributed by atoms with E-state index in [-0.39, 0.29) is 5.69 Å². The normalized spacial score (nSPS) is 13.4. The summed E-state index contributed by atoms with van der Waals surface area (Å²) in [4.78, 5) is 10.6. The van der Waals surface area contributed by atoms with Crippen LogP contribution in [0.5, 0.6) is 0 Å². The number of non-ortho nitro benzene ring substituents is 1. The number of nitrogens with zero attached hydrogens (tertiary/aromatic N) is 2. The minimum absolute atomic E-state index is 0.104. The van der Waals surface area contributed by atoms with E-state index in [1.165, 1.54) is 24.4 Å². The smallest absolute Gasteiger partial charge is 0.270 e. The maximum absolute atomic E-state index is 14.3. The lowest BCUT2D eigenvalue weighted by atomic mass is 10.1. The van der Waals surface area contributed by atoms with Crippen LogP contribution >= 0.6 is 18.9 Å². The zero-order valence-electron chi connectivity index (χ0n) is 16.3. The van der Waals surface area contributed by atoms with Crippen LogP contribution in [0.25, 0.3) is 0 Å². The molecule has 0 N–H and O–H groups in total. The van der Waals surface area contributed by atoms with E-state index in [2.05, 4.69) is 4.76 Å². The van der Waals surface area contributed by atoms with Gasteiger partial charge in [-0.25, -0.2) is 4.76 Å². The molecule has 29 heavy (non-hydrogen) atoms. The lowest BCUT2D eigenvalue weighted by Crippen LogP contribution is -2.20. The van der Waals surface area contributed by atoms with Gasteiger partial charge in [0.15, 0.2) is 0 Å².